The van der Waals surface area contributed by atoms with E-state index in [-0.39, 0.29) is 35.1 Å². The number of hydrogen-bond acceptors (Lipinski definition) is 3. The van der Waals surface area contributed by atoms with Crippen molar-refractivity contribution in [2.75, 3.05) is 13.7 Å². The van der Waals surface area contributed by atoms with Crippen molar-refractivity contribution in [1.29, 1.82) is 0 Å². The van der Waals surface area contributed by atoms with Crippen molar-refractivity contribution >= 4 is 22.2 Å². The monoisotopic (exact) mass is 459 g/mol. The highest BCUT2D eigenvalue weighted by molar-refractivity contribution is 5.96. The molecule has 0 radical (unpaired) electrons. The standard InChI is InChI=1S/C23H17F4N3O3/c1-29(23(32)12-4-13-3-2-11(21(26)27)7-30(13)8-12)19-10-33-9-18-20(19)14-5-16(24)17(25)6-15(14)22(31)28-18/h2-8,19,21H,9-10H2,1H3,(H,28,31)/t19-/m0/s1. The van der Waals surface area contributed by atoms with E-state index in [0.717, 1.165) is 12.1 Å². The summed E-state index contributed by atoms with van der Waals surface area (Å²) in [6.45, 7) is 0.114. The number of aromatic nitrogens is 2. The predicted octanol–water partition coefficient (Wildman–Crippen LogP) is 4.34. The number of pyridine rings is 2. The lowest BCUT2D eigenvalue weighted by Crippen LogP contribution is -2.37. The molecule has 4 aromatic rings. The van der Waals surface area contributed by atoms with Gasteiger partial charge in [0.25, 0.3) is 17.9 Å². The van der Waals surface area contributed by atoms with Crippen LogP contribution >= 0.6 is 0 Å². The number of nitrogens with zero attached hydrogens (tertiary/aromatic N) is 2. The Bertz CT molecular complexity index is 1480. The summed E-state index contributed by atoms with van der Waals surface area (Å²) in [5.74, 6) is -2.69. The topological polar surface area (TPSA) is 66.8 Å². The van der Waals surface area contributed by atoms with Crippen LogP contribution in [0.3, 0.4) is 0 Å². The largest absolute Gasteiger partial charge is 0.373 e. The molecule has 10 heteroatoms. The Labute approximate surface area is 184 Å². The minimum atomic E-state index is -2.64. The summed E-state index contributed by atoms with van der Waals surface area (Å²) in [6.07, 6.45) is 0.0610. The number of nitrogens with one attached hydrogen (secondary N) is 1. The quantitative estimate of drug-likeness (QED) is 0.464. The summed E-state index contributed by atoms with van der Waals surface area (Å²) >= 11 is 0. The first-order valence-electron chi connectivity index (χ1n) is 10.0. The van der Waals surface area contributed by atoms with Crippen LogP contribution in [0.25, 0.3) is 16.3 Å². The van der Waals surface area contributed by atoms with Gasteiger partial charge >= 0.3 is 0 Å². The fraction of sp³-hybridized carbons (Fsp3) is 0.217. The zero-order chi connectivity index (χ0) is 23.4. The molecular formula is C23H17F4N3O3. The summed E-state index contributed by atoms with van der Waals surface area (Å²) in [5, 5.41) is 0.166. The number of halogens is 4. The number of hydrogen-bond donors (Lipinski definition) is 1. The number of H-pyrrole nitrogens is 1. The highest BCUT2D eigenvalue weighted by Crippen LogP contribution is 2.34. The maximum absolute atomic E-state index is 14.1. The molecule has 6 nitrogen and oxygen atoms in total. The van der Waals surface area contributed by atoms with Crippen LogP contribution < -0.4 is 5.56 Å². The second kappa shape index (κ2) is 7.73. The first-order chi connectivity index (χ1) is 15.7. The molecule has 1 atom stereocenters. The summed E-state index contributed by atoms with van der Waals surface area (Å²) in [7, 11) is 1.52. The molecule has 0 saturated heterocycles. The third-order valence-corrected chi connectivity index (χ3v) is 5.94. The number of likely N-dealkylation sites (N-methyl/N-ethyl adjacent to an activating group) is 1. The van der Waals surface area contributed by atoms with Gasteiger partial charge in [-0.2, -0.15) is 0 Å². The Balaban J connectivity index is 1.58. The van der Waals surface area contributed by atoms with Crippen LogP contribution in [-0.4, -0.2) is 33.8 Å². The molecule has 1 aliphatic heterocycles. The van der Waals surface area contributed by atoms with Gasteiger partial charge in [-0.1, -0.05) is 0 Å². The lowest BCUT2D eigenvalue weighted by atomic mass is 9.95. The number of carbonyl (C=O) groups excluding carboxylic acids is 1. The van der Waals surface area contributed by atoms with Gasteiger partial charge in [-0.3, -0.25) is 9.59 Å². The van der Waals surface area contributed by atoms with Gasteiger partial charge in [0.1, 0.15) is 0 Å². The minimum Gasteiger partial charge on any atom is -0.373 e. The zero-order valence-electron chi connectivity index (χ0n) is 17.2. The Kier molecular flexibility index (Phi) is 4.97. The summed E-state index contributed by atoms with van der Waals surface area (Å²) in [4.78, 5) is 29.7. The SMILES string of the molecule is CN(C(=O)c1cc2ccc(C(F)F)cn2c1)[C@H]1COCc2[nH]c(=O)c3cc(F)c(F)cc3c21. The molecule has 1 aliphatic rings. The molecule has 1 amide bonds. The molecule has 0 fully saturated rings. The predicted molar refractivity (Wildman–Crippen MR) is 111 cm³/mol. The van der Waals surface area contributed by atoms with E-state index in [2.05, 4.69) is 4.98 Å². The Morgan fingerprint density at radius 2 is 1.88 bits per heavy atom. The number of alkyl halides is 2. The number of ether oxygens (including phenoxy) is 1. The fourth-order valence-corrected chi connectivity index (χ4v) is 4.27. The van der Waals surface area contributed by atoms with Crippen LogP contribution in [-0.2, 0) is 11.3 Å². The maximum atomic E-state index is 14.1. The van der Waals surface area contributed by atoms with Crippen molar-refractivity contribution in [3.63, 3.8) is 0 Å². The number of rotatable bonds is 3. The van der Waals surface area contributed by atoms with Crippen LogP contribution in [0.2, 0.25) is 0 Å². The fourth-order valence-electron chi connectivity index (χ4n) is 4.27. The van der Waals surface area contributed by atoms with E-state index in [4.69, 9.17) is 4.74 Å². The molecule has 170 valence electrons. The first kappa shape index (κ1) is 21.2. The van der Waals surface area contributed by atoms with E-state index >= 15 is 0 Å². The van der Waals surface area contributed by atoms with Gasteiger partial charge < -0.3 is 19.0 Å². The Hall–Kier alpha value is -3.66. The molecule has 1 aromatic carbocycles. The number of amides is 1. The molecule has 0 saturated carbocycles. The average Bonchev–Trinajstić information content (AvgIpc) is 3.22. The van der Waals surface area contributed by atoms with E-state index in [0.29, 0.717) is 16.8 Å². The normalized spacial score (nSPS) is 15.9. The summed E-state index contributed by atoms with van der Waals surface area (Å²) < 4.78 is 60.8. The van der Waals surface area contributed by atoms with E-state index in [1.165, 1.54) is 40.9 Å². The minimum absolute atomic E-state index is 0.0328. The maximum Gasteiger partial charge on any atom is 0.265 e. The Morgan fingerprint density at radius 3 is 2.61 bits per heavy atom. The molecule has 1 N–H and O–H groups in total. The van der Waals surface area contributed by atoms with Gasteiger partial charge in [0.05, 0.1) is 30.2 Å². The lowest BCUT2D eigenvalue weighted by Gasteiger charge is -2.33. The van der Waals surface area contributed by atoms with Crippen molar-refractivity contribution in [2.24, 2.45) is 0 Å². The second-order valence-electron chi connectivity index (χ2n) is 7.93. The molecule has 4 heterocycles. The van der Waals surface area contributed by atoms with Gasteiger partial charge in [-0.25, -0.2) is 17.6 Å². The molecule has 0 bridgehead atoms. The number of aromatic amines is 1. The third-order valence-electron chi connectivity index (χ3n) is 5.94. The van der Waals surface area contributed by atoms with Gasteiger partial charge in [-0.15, -0.1) is 0 Å². The van der Waals surface area contributed by atoms with Gasteiger partial charge in [-0.05, 0) is 35.7 Å². The van der Waals surface area contributed by atoms with Crippen LogP contribution in [0.4, 0.5) is 17.6 Å². The van der Waals surface area contributed by atoms with E-state index < -0.39 is 35.6 Å². The number of benzene rings is 1. The van der Waals surface area contributed by atoms with Crippen LogP contribution in [0, 0.1) is 11.6 Å². The van der Waals surface area contributed by atoms with Gasteiger partial charge in [0.2, 0.25) is 0 Å². The summed E-state index contributed by atoms with van der Waals surface area (Å²) in [5.41, 5.74) is 0.886. The van der Waals surface area contributed by atoms with E-state index in [1.54, 1.807) is 6.07 Å². The van der Waals surface area contributed by atoms with Crippen LogP contribution in [0.1, 0.15) is 39.6 Å². The van der Waals surface area contributed by atoms with Crippen molar-refractivity contribution in [3.05, 3.63) is 87.1 Å². The molecule has 0 unspecified atom stereocenters. The number of fused-ring (bicyclic) bond motifs is 4. The third kappa shape index (κ3) is 3.46. The van der Waals surface area contributed by atoms with Crippen molar-refractivity contribution in [3.8, 4) is 0 Å². The average molecular weight is 459 g/mol. The smallest absolute Gasteiger partial charge is 0.265 e. The Morgan fingerprint density at radius 1 is 1.15 bits per heavy atom. The van der Waals surface area contributed by atoms with E-state index in [1.807, 2.05) is 0 Å². The molecule has 5 rings (SSSR count). The van der Waals surface area contributed by atoms with Crippen molar-refractivity contribution in [1.82, 2.24) is 14.3 Å². The van der Waals surface area contributed by atoms with E-state index in [9.17, 15) is 27.2 Å². The number of carbonyl (C=O) groups is 1. The summed E-state index contributed by atoms with van der Waals surface area (Å²) in [6, 6.07) is 5.43. The highest BCUT2D eigenvalue weighted by Gasteiger charge is 2.32. The molecule has 33 heavy (non-hydrogen) atoms. The second-order valence-corrected chi connectivity index (χ2v) is 7.93. The van der Waals surface area contributed by atoms with Gasteiger partial charge in [0.15, 0.2) is 11.6 Å². The molecule has 0 aliphatic carbocycles. The van der Waals surface area contributed by atoms with Gasteiger partial charge in [0, 0.05) is 41.8 Å². The van der Waals surface area contributed by atoms with Crippen molar-refractivity contribution in [2.45, 2.75) is 19.1 Å². The molecule has 0 spiro atoms. The highest BCUT2D eigenvalue weighted by atomic mass is 19.3. The van der Waals surface area contributed by atoms with Crippen LogP contribution in [0.15, 0.2) is 47.5 Å². The molecule has 3 aromatic heterocycles. The zero-order valence-corrected chi connectivity index (χ0v) is 17.2. The molecular weight excluding hydrogens is 442 g/mol. The first-order valence-corrected chi connectivity index (χ1v) is 10.0. The van der Waals surface area contributed by atoms with Crippen molar-refractivity contribution < 1.29 is 27.1 Å². The lowest BCUT2D eigenvalue weighted by molar-refractivity contribution is 0.0336. The van der Waals surface area contributed by atoms with Crippen LogP contribution in [0.5, 0.6) is 0 Å².